The highest BCUT2D eigenvalue weighted by molar-refractivity contribution is 6.56. The molecule has 1 aliphatic heterocycles. The summed E-state index contributed by atoms with van der Waals surface area (Å²) in [6.07, 6.45) is 0. The van der Waals surface area contributed by atoms with Gasteiger partial charge >= 0.3 is 0 Å². The molecular formula is C21H16Cl2N2O. The summed E-state index contributed by atoms with van der Waals surface area (Å²) in [5.74, 6) is -0.177. The summed E-state index contributed by atoms with van der Waals surface area (Å²) in [5, 5.41) is 0.955. The Hall–Kier alpha value is -2.62. The molecular weight excluding hydrogens is 367 g/mol. The summed E-state index contributed by atoms with van der Waals surface area (Å²) in [6.45, 7) is 0. The fourth-order valence-corrected chi connectivity index (χ4v) is 3.39. The number of rotatable bonds is 2. The molecule has 26 heavy (non-hydrogen) atoms. The largest absolute Gasteiger partial charge is 0.282 e. The first-order chi connectivity index (χ1) is 12.1. The van der Waals surface area contributed by atoms with E-state index >= 15 is 0 Å². The molecule has 0 spiro atoms. The van der Waals surface area contributed by atoms with Gasteiger partial charge < -0.3 is 0 Å². The van der Waals surface area contributed by atoms with Gasteiger partial charge in [0.15, 0.2) is 0 Å². The van der Waals surface area contributed by atoms with Crippen molar-refractivity contribution in [1.82, 2.24) is 0 Å². The molecule has 0 bridgehead atoms. The van der Waals surface area contributed by atoms with E-state index in [-0.39, 0.29) is 13.3 Å². The first kappa shape index (κ1) is 18.2. The molecule has 0 atom stereocenters. The van der Waals surface area contributed by atoms with E-state index in [0.29, 0.717) is 21.4 Å². The summed E-state index contributed by atoms with van der Waals surface area (Å²) in [4.78, 5) is 19.3. The summed E-state index contributed by atoms with van der Waals surface area (Å²) in [6, 6.07) is 22.1. The number of hydrogen-bond donors (Lipinski definition) is 0. The second kappa shape index (κ2) is 7.32. The van der Waals surface area contributed by atoms with Crippen molar-refractivity contribution >= 4 is 51.9 Å². The van der Waals surface area contributed by atoms with E-state index in [0.717, 1.165) is 16.9 Å². The van der Waals surface area contributed by atoms with Crippen LogP contribution in [-0.2, 0) is 4.79 Å². The van der Waals surface area contributed by atoms with Crippen molar-refractivity contribution in [2.75, 3.05) is 4.90 Å². The molecule has 3 aromatic rings. The Balaban J connectivity index is 0.00000196. The molecule has 1 heterocycles. The third-order valence-corrected chi connectivity index (χ3v) is 4.34. The van der Waals surface area contributed by atoms with Crippen LogP contribution < -0.4 is 4.90 Å². The first-order valence-corrected chi connectivity index (χ1v) is 8.43. The smallest absolute Gasteiger partial charge is 0.275 e. The number of nitrogens with zero attached hydrogens (tertiary/aromatic N) is 2. The van der Waals surface area contributed by atoms with E-state index in [1.807, 2.05) is 54.6 Å². The van der Waals surface area contributed by atoms with Gasteiger partial charge in [-0.3, -0.25) is 9.69 Å². The minimum atomic E-state index is -0.177. The Bertz CT molecular complexity index is 980. The monoisotopic (exact) mass is 382 g/mol. The van der Waals surface area contributed by atoms with Gasteiger partial charge in [0, 0.05) is 21.3 Å². The Morgan fingerprint density at radius 1 is 0.808 bits per heavy atom. The third-order valence-electron chi connectivity index (χ3n) is 3.91. The van der Waals surface area contributed by atoms with Crippen LogP contribution >= 0.6 is 23.2 Å². The zero-order valence-corrected chi connectivity index (χ0v) is 14.5. The van der Waals surface area contributed by atoms with Gasteiger partial charge in [0.25, 0.3) is 5.91 Å². The van der Waals surface area contributed by atoms with Gasteiger partial charge in [0.1, 0.15) is 5.71 Å². The molecule has 0 aromatic heterocycles. The van der Waals surface area contributed by atoms with Crippen LogP contribution in [0.3, 0.4) is 0 Å². The summed E-state index contributed by atoms with van der Waals surface area (Å²) in [5.41, 5.74) is 3.32. The quantitative estimate of drug-likeness (QED) is 0.502. The second-order valence-corrected chi connectivity index (χ2v) is 6.45. The molecule has 3 nitrogen and oxygen atoms in total. The predicted octanol–water partition coefficient (Wildman–Crippen LogP) is 6.43. The van der Waals surface area contributed by atoms with Crippen molar-refractivity contribution in [3.8, 4) is 0 Å². The van der Waals surface area contributed by atoms with E-state index in [4.69, 9.17) is 23.2 Å². The van der Waals surface area contributed by atoms with Crippen LogP contribution in [0.4, 0.5) is 17.1 Å². The summed E-state index contributed by atoms with van der Waals surface area (Å²) >= 11 is 12.1. The molecule has 130 valence electrons. The number of halogens is 2. The van der Waals surface area contributed by atoms with Crippen LogP contribution in [0.25, 0.3) is 0 Å². The molecule has 5 heteroatoms. The van der Waals surface area contributed by atoms with Crippen molar-refractivity contribution in [3.05, 3.63) is 88.4 Å². The van der Waals surface area contributed by atoms with Gasteiger partial charge in [0.2, 0.25) is 0 Å². The van der Waals surface area contributed by atoms with Gasteiger partial charge in [-0.1, -0.05) is 67.0 Å². The van der Waals surface area contributed by atoms with Crippen LogP contribution in [-0.4, -0.2) is 11.6 Å². The van der Waals surface area contributed by atoms with Crippen LogP contribution in [0.1, 0.15) is 13.0 Å². The highest BCUT2D eigenvalue weighted by Crippen LogP contribution is 2.36. The Morgan fingerprint density at radius 3 is 2.12 bits per heavy atom. The number of benzene rings is 3. The van der Waals surface area contributed by atoms with Crippen molar-refractivity contribution in [2.24, 2.45) is 4.99 Å². The fourth-order valence-electron chi connectivity index (χ4n) is 2.87. The number of amides is 1. The van der Waals surface area contributed by atoms with Crippen molar-refractivity contribution < 1.29 is 4.79 Å². The lowest BCUT2D eigenvalue weighted by Crippen LogP contribution is -2.25. The highest BCUT2D eigenvalue weighted by Gasteiger charge is 2.34. The van der Waals surface area contributed by atoms with E-state index < -0.39 is 0 Å². The molecule has 1 amide bonds. The number of carbonyl (C=O) groups excluding carboxylic acids is 1. The zero-order valence-electron chi connectivity index (χ0n) is 13.0. The summed E-state index contributed by atoms with van der Waals surface area (Å²) < 4.78 is 0. The molecule has 0 aliphatic carbocycles. The highest BCUT2D eigenvalue weighted by atomic mass is 35.5. The average Bonchev–Trinajstić information content (AvgIpc) is 2.87. The lowest BCUT2D eigenvalue weighted by Gasteiger charge is -2.16. The molecule has 0 unspecified atom stereocenters. The minimum absolute atomic E-state index is 0. The van der Waals surface area contributed by atoms with Gasteiger partial charge in [0.05, 0.1) is 11.4 Å². The number of para-hydroxylation sites is 2. The second-order valence-electron chi connectivity index (χ2n) is 5.58. The van der Waals surface area contributed by atoms with Crippen LogP contribution in [0, 0.1) is 0 Å². The number of anilines is 2. The fraction of sp³-hybridized carbons (Fsp3) is 0.0476. The maximum atomic E-state index is 13.1. The maximum Gasteiger partial charge on any atom is 0.282 e. The molecule has 0 fully saturated rings. The van der Waals surface area contributed by atoms with Gasteiger partial charge in [-0.15, -0.1) is 0 Å². The number of carbonyl (C=O) groups is 1. The van der Waals surface area contributed by atoms with Crippen molar-refractivity contribution in [2.45, 2.75) is 7.43 Å². The molecule has 0 N–H and O–H groups in total. The van der Waals surface area contributed by atoms with Crippen LogP contribution in [0.2, 0.25) is 10.0 Å². The minimum Gasteiger partial charge on any atom is -0.275 e. The van der Waals surface area contributed by atoms with Crippen LogP contribution in [0.15, 0.2) is 77.8 Å². The number of fused-ring (bicyclic) bond motifs is 1. The SMILES string of the molecule is C.O=C1C(=Nc2cc(Cl)cc(Cl)c2)c2ccccc2N1c1ccccc1. The normalized spacial score (nSPS) is 14.3. The Labute approximate surface area is 162 Å². The van der Waals surface area contributed by atoms with Crippen molar-refractivity contribution in [1.29, 1.82) is 0 Å². The van der Waals surface area contributed by atoms with E-state index in [1.165, 1.54) is 0 Å². The van der Waals surface area contributed by atoms with E-state index in [2.05, 4.69) is 4.99 Å². The Morgan fingerprint density at radius 2 is 1.42 bits per heavy atom. The van der Waals surface area contributed by atoms with E-state index in [1.54, 1.807) is 23.1 Å². The molecule has 4 rings (SSSR count). The predicted molar refractivity (Wildman–Crippen MR) is 109 cm³/mol. The molecule has 0 saturated carbocycles. The van der Waals surface area contributed by atoms with E-state index in [9.17, 15) is 4.79 Å². The topological polar surface area (TPSA) is 32.7 Å². The number of aliphatic imine (C=N–C) groups is 1. The standard InChI is InChI=1S/C20H12Cl2N2O.CH4/c21-13-10-14(22)12-15(11-13)23-19-17-8-4-5-9-18(17)24(20(19)25)16-6-2-1-3-7-16;/h1-12H;1H4. The lowest BCUT2D eigenvalue weighted by molar-refractivity contribution is -0.111. The van der Waals surface area contributed by atoms with Gasteiger partial charge in [-0.05, 0) is 36.4 Å². The van der Waals surface area contributed by atoms with Crippen LogP contribution in [0.5, 0.6) is 0 Å². The molecule has 3 aromatic carbocycles. The molecule has 0 radical (unpaired) electrons. The average molecular weight is 383 g/mol. The first-order valence-electron chi connectivity index (χ1n) is 7.67. The zero-order chi connectivity index (χ0) is 17.4. The molecule has 0 saturated heterocycles. The van der Waals surface area contributed by atoms with Gasteiger partial charge in [-0.2, -0.15) is 0 Å². The summed E-state index contributed by atoms with van der Waals surface area (Å²) in [7, 11) is 0. The number of hydrogen-bond acceptors (Lipinski definition) is 2. The van der Waals surface area contributed by atoms with Crippen molar-refractivity contribution in [3.63, 3.8) is 0 Å². The third kappa shape index (κ3) is 3.24. The lowest BCUT2D eigenvalue weighted by atomic mass is 10.1. The maximum absolute atomic E-state index is 13.1. The molecule has 1 aliphatic rings. The Kier molecular flexibility index (Phi) is 5.12. The van der Waals surface area contributed by atoms with Gasteiger partial charge in [-0.25, -0.2) is 4.99 Å².